The van der Waals surface area contributed by atoms with Gasteiger partial charge in [0.15, 0.2) is 0 Å². The number of urea groups is 1. The Kier molecular flexibility index (Phi) is 10.8. The topological polar surface area (TPSA) is 62.7 Å². The predicted octanol–water partition coefficient (Wildman–Crippen LogP) is 6.93. The summed E-state index contributed by atoms with van der Waals surface area (Å²) < 4.78 is 5.78. The van der Waals surface area contributed by atoms with Gasteiger partial charge in [0, 0.05) is 11.3 Å². The van der Waals surface area contributed by atoms with Gasteiger partial charge in [0.1, 0.15) is 5.75 Å². The third-order valence-electron chi connectivity index (χ3n) is 4.75. The van der Waals surface area contributed by atoms with Gasteiger partial charge in [0.25, 0.3) is 0 Å². The summed E-state index contributed by atoms with van der Waals surface area (Å²) >= 11 is 6.31. The Bertz CT molecular complexity index is 824. The van der Waals surface area contributed by atoms with Crippen LogP contribution in [0.4, 0.5) is 10.5 Å². The molecule has 2 aromatic carbocycles. The molecule has 162 valence electrons. The highest BCUT2D eigenvalue weighted by atomic mass is 35.5. The molecule has 0 bridgehead atoms. The lowest BCUT2D eigenvalue weighted by atomic mass is 10.1. The Balaban J connectivity index is 1.71. The highest BCUT2D eigenvalue weighted by Crippen LogP contribution is 2.22. The number of carbonyl (C=O) groups excluding carboxylic acids is 1. The predicted molar refractivity (Wildman–Crippen MR) is 126 cm³/mol. The molecule has 0 aliphatic heterocycles. The molecule has 0 saturated heterocycles. The van der Waals surface area contributed by atoms with Crippen LogP contribution in [0.15, 0.2) is 47.6 Å². The van der Waals surface area contributed by atoms with E-state index in [2.05, 4.69) is 22.8 Å². The van der Waals surface area contributed by atoms with Crippen LogP contribution in [0, 0.1) is 6.92 Å². The number of hydrazone groups is 1. The number of anilines is 1. The van der Waals surface area contributed by atoms with E-state index >= 15 is 0 Å². The summed E-state index contributed by atoms with van der Waals surface area (Å²) in [4.78, 5) is 12.0. The third kappa shape index (κ3) is 8.87. The van der Waals surface area contributed by atoms with Crippen molar-refractivity contribution >= 4 is 29.5 Å². The number of ether oxygens (including phenoxy) is 1. The number of aryl methyl sites for hydroxylation is 1. The van der Waals surface area contributed by atoms with E-state index in [4.69, 9.17) is 16.3 Å². The van der Waals surface area contributed by atoms with Crippen LogP contribution in [0.1, 0.15) is 63.0 Å². The number of halogens is 1. The normalized spacial score (nSPS) is 10.9. The van der Waals surface area contributed by atoms with Crippen molar-refractivity contribution in [2.24, 2.45) is 5.10 Å². The first-order valence-electron chi connectivity index (χ1n) is 10.7. The Morgan fingerprint density at radius 1 is 1.07 bits per heavy atom. The minimum Gasteiger partial charge on any atom is -0.494 e. The summed E-state index contributed by atoms with van der Waals surface area (Å²) in [7, 11) is 0. The van der Waals surface area contributed by atoms with Crippen molar-refractivity contribution in [3.8, 4) is 5.75 Å². The second-order valence-electron chi connectivity index (χ2n) is 7.29. The highest BCUT2D eigenvalue weighted by Gasteiger charge is 2.04. The molecule has 0 radical (unpaired) electrons. The molecule has 0 unspecified atom stereocenters. The molecule has 2 N–H and O–H groups in total. The van der Waals surface area contributed by atoms with Gasteiger partial charge in [0.05, 0.1) is 17.8 Å². The van der Waals surface area contributed by atoms with Crippen LogP contribution >= 0.6 is 11.6 Å². The van der Waals surface area contributed by atoms with E-state index in [1.165, 1.54) is 44.7 Å². The first-order valence-corrected chi connectivity index (χ1v) is 11.1. The average molecular weight is 430 g/mol. The maximum Gasteiger partial charge on any atom is 0.339 e. The van der Waals surface area contributed by atoms with Gasteiger partial charge in [-0.05, 0) is 43.2 Å². The SMILES string of the molecule is CCCCCCCCCOc1ccc(/C=N\NC(=O)Nc2ccccc2C)c(Cl)c1. The quantitative estimate of drug-likeness (QED) is 0.218. The van der Waals surface area contributed by atoms with Crippen LogP contribution in [0.3, 0.4) is 0 Å². The van der Waals surface area contributed by atoms with Gasteiger partial charge in [-0.3, -0.25) is 0 Å². The van der Waals surface area contributed by atoms with E-state index in [-0.39, 0.29) is 0 Å². The number of para-hydroxylation sites is 1. The fourth-order valence-corrected chi connectivity index (χ4v) is 3.19. The molecular formula is C24H32ClN3O2. The van der Waals surface area contributed by atoms with Crippen LogP contribution in [0.2, 0.25) is 5.02 Å². The van der Waals surface area contributed by atoms with Gasteiger partial charge in [-0.15, -0.1) is 0 Å². The Morgan fingerprint density at radius 3 is 2.53 bits per heavy atom. The van der Waals surface area contributed by atoms with Crippen molar-refractivity contribution in [1.82, 2.24) is 5.43 Å². The number of benzene rings is 2. The molecule has 0 fully saturated rings. The van der Waals surface area contributed by atoms with Crippen LogP contribution in [-0.2, 0) is 0 Å². The minimum absolute atomic E-state index is 0.411. The molecule has 5 nitrogen and oxygen atoms in total. The second kappa shape index (κ2) is 13.6. The van der Waals surface area contributed by atoms with E-state index in [1.54, 1.807) is 6.07 Å². The highest BCUT2D eigenvalue weighted by molar-refractivity contribution is 6.33. The zero-order valence-electron chi connectivity index (χ0n) is 17.9. The standard InChI is InChI=1S/C24H32ClN3O2/c1-3-4-5-6-7-8-11-16-30-21-15-14-20(22(25)17-21)18-26-28-24(29)27-23-13-10-9-12-19(23)2/h9-10,12-15,17-18H,3-8,11,16H2,1-2H3,(H2,27,28,29)/b26-18-. The maximum atomic E-state index is 12.0. The molecule has 30 heavy (non-hydrogen) atoms. The van der Waals surface area contributed by atoms with Gasteiger partial charge in [0.2, 0.25) is 0 Å². The molecule has 0 aromatic heterocycles. The van der Waals surface area contributed by atoms with Crippen LogP contribution in [0.5, 0.6) is 5.75 Å². The number of nitrogens with zero attached hydrogens (tertiary/aromatic N) is 1. The molecule has 0 saturated carbocycles. The fourth-order valence-electron chi connectivity index (χ4n) is 2.98. The van der Waals surface area contributed by atoms with E-state index < -0.39 is 6.03 Å². The van der Waals surface area contributed by atoms with Gasteiger partial charge >= 0.3 is 6.03 Å². The first-order chi connectivity index (χ1) is 14.6. The summed E-state index contributed by atoms with van der Waals surface area (Å²) in [6.45, 7) is 4.85. The van der Waals surface area contributed by atoms with Crippen molar-refractivity contribution in [3.05, 3.63) is 58.6 Å². The fraction of sp³-hybridized carbons (Fsp3) is 0.417. The zero-order chi connectivity index (χ0) is 21.6. The van der Waals surface area contributed by atoms with E-state index in [9.17, 15) is 4.79 Å². The van der Waals surface area contributed by atoms with E-state index in [0.717, 1.165) is 23.4 Å². The lowest BCUT2D eigenvalue weighted by Crippen LogP contribution is -2.24. The lowest BCUT2D eigenvalue weighted by molar-refractivity contribution is 0.252. The number of nitrogens with one attached hydrogen (secondary N) is 2. The van der Waals surface area contributed by atoms with Crippen molar-refractivity contribution in [2.45, 2.75) is 58.8 Å². The van der Waals surface area contributed by atoms with Crippen molar-refractivity contribution in [3.63, 3.8) is 0 Å². The van der Waals surface area contributed by atoms with Crippen LogP contribution in [0.25, 0.3) is 0 Å². The molecule has 6 heteroatoms. The monoisotopic (exact) mass is 429 g/mol. The summed E-state index contributed by atoms with van der Waals surface area (Å²) in [5, 5.41) is 7.24. The number of hydrogen-bond donors (Lipinski definition) is 2. The Hall–Kier alpha value is -2.53. The van der Waals surface area contributed by atoms with Gasteiger partial charge < -0.3 is 10.1 Å². The smallest absolute Gasteiger partial charge is 0.339 e. The largest absolute Gasteiger partial charge is 0.494 e. The van der Waals surface area contributed by atoms with E-state index in [0.29, 0.717) is 17.2 Å². The Labute approximate surface area is 184 Å². The molecule has 2 aromatic rings. The number of hydrogen-bond acceptors (Lipinski definition) is 3. The molecule has 2 rings (SSSR count). The number of rotatable bonds is 12. The van der Waals surface area contributed by atoms with Crippen LogP contribution in [-0.4, -0.2) is 18.9 Å². The molecule has 0 aliphatic carbocycles. The number of carbonyl (C=O) groups is 1. The molecule has 0 aliphatic rings. The van der Waals surface area contributed by atoms with E-state index in [1.807, 2.05) is 43.3 Å². The minimum atomic E-state index is -0.411. The summed E-state index contributed by atoms with van der Waals surface area (Å²) in [6.07, 6.45) is 10.3. The van der Waals surface area contributed by atoms with Gasteiger partial charge in [-0.1, -0.05) is 75.2 Å². The van der Waals surface area contributed by atoms with Crippen molar-refractivity contribution in [2.75, 3.05) is 11.9 Å². The van der Waals surface area contributed by atoms with Gasteiger partial charge in [-0.25, -0.2) is 10.2 Å². The number of unbranched alkanes of at least 4 members (excludes halogenated alkanes) is 6. The third-order valence-corrected chi connectivity index (χ3v) is 5.08. The van der Waals surface area contributed by atoms with Gasteiger partial charge in [-0.2, -0.15) is 5.10 Å². The molecular weight excluding hydrogens is 398 g/mol. The average Bonchev–Trinajstić information content (AvgIpc) is 2.73. The molecule has 0 spiro atoms. The maximum absolute atomic E-state index is 12.0. The molecule has 0 atom stereocenters. The second-order valence-corrected chi connectivity index (χ2v) is 7.70. The molecule has 0 heterocycles. The summed E-state index contributed by atoms with van der Waals surface area (Å²) in [5.74, 6) is 0.744. The first kappa shape index (κ1) is 23.7. The van der Waals surface area contributed by atoms with Crippen molar-refractivity contribution < 1.29 is 9.53 Å². The molecule has 2 amide bonds. The zero-order valence-corrected chi connectivity index (χ0v) is 18.7. The summed E-state index contributed by atoms with van der Waals surface area (Å²) in [5.41, 5.74) is 4.87. The van der Waals surface area contributed by atoms with Crippen molar-refractivity contribution in [1.29, 1.82) is 0 Å². The number of amides is 2. The summed E-state index contributed by atoms with van der Waals surface area (Å²) in [6, 6.07) is 12.6. The lowest BCUT2D eigenvalue weighted by Gasteiger charge is -2.08. The Morgan fingerprint density at radius 2 is 1.80 bits per heavy atom. The van der Waals surface area contributed by atoms with Crippen LogP contribution < -0.4 is 15.5 Å².